The van der Waals surface area contributed by atoms with Crippen molar-refractivity contribution >= 4 is 10.0 Å². The summed E-state index contributed by atoms with van der Waals surface area (Å²) >= 11 is 0. The molecule has 0 saturated carbocycles. The molecule has 1 aliphatic heterocycles. The fraction of sp³-hybridized carbons (Fsp3) is 0.312. The van der Waals surface area contributed by atoms with Gasteiger partial charge in [-0.05, 0) is 48.2 Å². The highest BCUT2D eigenvalue weighted by Gasteiger charge is 2.20. The molecule has 5 nitrogen and oxygen atoms in total. The summed E-state index contributed by atoms with van der Waals surface area (Å²) < 4.78 is 32.6. The Morgan fingerprint density at radius 2 is 1.77 bits per heavy atom. The van der Waals surface area contributed by atoms with E-state index in [1.807, 2.05) is 12.1 Å². The maximum Gasteiger partial charge on any atom is 0.240 e. The predicted octanol–water partition coefficient (Wildman–Crippen LogP) is 2.21. The van der Waals surface area contributed by atoms with E-state index in [1.54, 1.807) is 36.7 Å². The van der Waals surface area contributed by atoms with Crippen molar-refractivity contribution in [2.45, 2.75) is 23.8 Å². The summed E-state index contributed by atoms with van der Waals surface area (Å²) in [6, 6.07) is 10.6. The van der Waals surface area contributed by atoms with Crippen LogP contribution < -0.4 is 4.72 Å². The van der Waals surface area contributed by atoms with Crippen molar-refractivity contribution in [1.82, 2.24) is 9.71 Å². The van der Waals surface area contributed by atoms with Crippen LogP contribution in [0.5, 0.6) is 0 Å². The Morgan fingerprint density at radius 1 is 1.09 bits per heavy atom. The molecule has 1 saturated heterocycles. The quantitative estimate of drug-likeness (QED) is 0.918. The third-order valence-corrected chi connectivity index (χ3v) is 5.14. The zero-order valence-electron chi connectivity index (χ0n) is 12.1. The van der Waals surface area contributed by atoms with E-state index in [-0.39, 0.29) is 11.0 Å². The van der Waals surface area contributed by atoms with E-state index < -0.39 is 10.0 Å². The second kappa shape index (κ2) is 6.56. The van der Waals surface area contributed by atoms with Crippen LogP contribution in [0.3, 0.4) is 0 Å². The van der Waals surface area contributed by atoms with Crippen molar-refractivity contribution < 1.29 is 13.2 Å². The molecule has 0 bridgehead atoms. The van der Waals surface area contributed by atoms with Crippen LogP contribution >= 0.6 is 0 Å². The molecule has 2 heterocycles. The zero-order valence-corrected chi connectivity index (χ0v) is 12.9. The molecular weight excluding hydrogens is 300 g/mol. The molecule has 0 radical (unpaired) electrons. The minimum atomic E-state index is -3.49. The van der Waals surface area contributed by atoms with Crippen LogP contribution in [0.4, 0.5) is 0 Å². The topological polar surface area (TPSA) is 68.3 Å². The fourth-order valence-electron chi connectivity index (χ4n) is 2.46. The Bertz CT molecular complexity index is 709. The molecule has 0 spiro atoms. The summed E-state index contributed by atoms with van der Waals surface area (Å²) in [5.41, 5.74) is 1.96. The van der Waals surface area contributed by atoms with Gasteiger partial charge in [-0.1, -0.05) is 12.1 Å². The molecule has 22 heavy (non-hydrogen) atoms. The van der Waals surface area contributed by atoms with Crippen molar-refractivity contribution in [1.29, 1.82) is 0 Å². The molecule has 116 valence electrons. The number of benzene rings is 1. The Balaban J connectivity index is 1.71. The normalized spacial score (nSPS) is 18.5. The molecule has 3 rings (SSSR count). The van der Waals surface area contributed by atoms with Crippen LogP contribution in [0.1, 0.15) is 12.8 Å². The molecule has 1 unspecified atom stereocenters. The second-order valence-corrected chi connectivity index (χ2v) is 7.01. The van der Waals surface area contributed by atoms with Gasteiger partial charge in [0, 0.05) is 25.5 Å². The standard InChI is InChI=1S/C16H18N2O3S/c19-22(20,18-12-15-2-1-11-21-15)16-5-3-13(4-6-16)14-7-9-17-10-8-14/h3-10,15,18H,1-2,11-12H2. The Labute approximate surface area is 130 Å². The lowest BCUT2D eigenvalue weighted by atomic mass is 10.1. The lowest BCUT2D eigenvalue weighted by Gasteiger charge is -2.11. The average molecular weight is 318 g/mol. The number of nitrogens with one attached hydrogen (secondary N) is 1. The van der Waals surface area contributed by atoms with Crippen molar-refractivity contribution in [2.24, 2.45) is 0 Å². The highest BCUT2D eigenvalue weighted by Crippen LogP contribution is 2.20. The number of ether oxygens (including phenoxy) is 1. The summed E-state index contributed by atoms with van der Waals surface area (Å²) in [7, 11) is -3.49. The molecule has 1 aliphatic rings. The van der Waals surface area contributed by atoms with E-state index in [0.29, 0.717) is 13.2 Å². The number of sulfonamides is 1. The Hall–Kier alpha value is -1.76. The molecule has 0 amide bonds. The van der Waals surface area contributed by atoms with Gasteiger partial charge in [-0.25, -0.2) is 13.1 Å². The van der Waals surface area contributed by atoms with Gasteiger partial charge in [-0.2, -0.15) is 0 Å². The first-order valence-electron chi connectivity index (χ1n) is 7.27. The van der Waals surface area contributed by atoms with Crippen molar-refractivity contribution in [2.75, 3.05) is 13.2 Å². The number of rotatable bonds is 5. The first kappa shape index (κ1) is 15.1. The number of nitrogens with zero attached hydrogens (tertiary/aromatic N) is 1. The number of hydrogen-bond donors (Lipinski definition) is 1. The molecular formula is C16H18N2O3S. The summed E-state index contributed by atoms with van der Waals surface area (Å²) in [5.74, 6) is 0. The number of pyridine rings is 1. The van der Waals surface area contributed by atoms with Crippen LogP contribution in [-0.4, -0.2) is 32.7 Å². The summed E-state index contributed by atoms with van der Waals surface area (Å²) in [4.78, 5) is 4.24. The molecule has 1 aromatic heterocycles. The van der Waals surface area contributed by atoms with Crippen LogP contribution in [0.25, 0.3) is 11.1 Å². The van der Waals surface area contributed by atoms with Gasteiger partial charge in [-0.15, -0.1) is 0 Å². The van der Waals surface area contributed by atoms with Gasteiger partial charge in [0.15, 0.2) is 0 Å². The molecule has 1 atom stereocenters. The third-order valence-electron chi connectivity index (χ3n) is 3.70. The van der Waals surface area contributed by atoms with E-state index >= 15 is 0 Å². The monoisotopic (exact) mass is 318 g/mol. The largest absolute Gasteiger partial charge is 0.377 e. The van der Waals surface area contributed by atoms with Gasteiger partial charge in [0.2, 0.25) is 10.0 Å². The Morgan fingerprint density at radius 3 is 2.41 bits per heavy atom. The van der Waals surface area contributed by atoms with E-state index in [4.69, 9.17) is 4.74 Å². The maximum absolute atomic E-state index is 12.3. The molecule has 6 heteroatoms. The first-order valence-corrected chi connectivity index (χ1v) is 8.75. The van der Waals surface area contributed by atoms with Gasteiger partial charge >= 0.3 is 0 Å². The van der Waals surface area contributed by atoms with E-state index in [9.17, 15) is 8.42 Å². The lowest BCUT2D eigenvalue weighted by Crippen LogP contribution is -2.31. The van der Waals surface area contributed by atoms with Crippen LogP contribution in [0, 0.1) is 0 Å². The predicted molar refractivity (Wildman–Crippen MR) is 83.8 cm³/mol. The fourth-order valence-corrected chi connectivity index (χ4v) is 3.53. The van der Waals surface area contributed by atoms with Crippen LogP contribution in [-0.2, 0) is 14.8 Å². The average Bonchev–Trinajstić information content (AvgIpc) is 3.08. The maximum atomic E-state index is 12.3. The first-order chi connectivity index (χ1) is 10.6. The molecule has 0 aliphatic carbocycles. The van der Waals surface area contributed by atoms with Gasteiger partial charge < -0.3 is 4.74 Å². The van der Waals surface area contributed by atoms with Gasteiger partial charge in [0.05, 0.1) is 11.0 Å². The van der Waals surface area contributed by atoms with Gasteiger partial charge in [0.1, 0.15) is 0 Å². The van der Waals surface area contributed by atoms with Gasteiger partial charge in [0.25, 0.3) is 0 Å². The van der Waals surface area contributed by atoms with E-state index in [1.165, 1.54) is 0 Å². The number of aromatic nitrogens is 1. The molecule has 1 aromatic carbocycles. The highest BCUT2D eigenvalue weighted by atomic mass is 32.2. The highest BCUT2D eigenvalue weighted by molar-refractivity contribution is 7.89. The van der Waals surface area contributed by atoms with Gasteiger partial charge in [-0.3, -0.25) is 4.98 Å². The summed E-state index contributed by atoms with van der Waals surface area (Å²) in [5, 5.41) is 0. The Kier molecular flexibility index (Phi) is 4.52. The van der Waals surface area contributed by atoms with E-state index in [2.05, 4.69) is 9.71 Å². The molecule has 1 fully saturated rings. The molecule has 1 N–H and O–H groups in total. The second-order valence-electron chi connectivity index (χ2n) is 5.25. The lowest BCUT2D eigenvalue weighted by molar-refractivity contribution is 0.114. The minimum Gasteiger partial charge on any atom is -0.377 e. The van der Waals surface area contributed by atoms with Crippen LogP contribution in [0.2, 0.25) is 0 Å². The smallest absolute Gasteiger partial charge is 0.240 e. The van der Waals surface area contributed by atoms with E-state index in [0.717, 1.165) is 24.0 Å². The zero-order chi connectivity index (χ0) is 15.4. The molecule has 2 aromatic rings. The number of hydrogen-bond acceptors (Lipinski definition) is 4. The van der Waals surface area contributed by atoms with Crippen molar-refractivity contribution in [3.63, 3.8) is 0 Å². The SMILES string of the molecule is O=S(=O)(NCC1CCCO1)c1ccc(-c2ccncc2)cc1. The van der Waals surface area contributed by atoms with Crippen molar-refractivity contribution in [3.8, 4) is 11.1 Å². The summed E-state index contributed by atoms with van der Waals surface area (Å²) in [6.07, 6.45) is 5.31. The summed E-state index contributed by atoms with van der Waals surface area (Å²) in [6.45, 7) is 1.04. The van der Waals surface area contributed by atoms with Crippen LogP contribution in [0.15, 0.2) is 53.7 Å². The minimum absolute atomic E-state index is 0.00846. The third kappa shape index (κ3) is 3.52. The van der Waals surface area contributed by atoms with Crippen molar-refractivity contribution in [3.05, 3.63) is 48.8 Å².